The van der Waals surface area contributed by atoms with Crippen LogP contribution in [0.3, 0.4) is 0 Å². The third-order valence-electron chi connectivity index (χ3n) is 3.96. The van der Waals surface area contributed by atoms with Crippen LogP contribution < -0.4 is 4.72 Å². The summed E-state index contributed by atoms with van der Waals surface area (Å²) in [6, 6.07) is 12.5. The van der Waals surface area contributed by atoms with E-state index in [-0.39, 0.29) is 10.3 Å². The second-order valence-electron chi connectivity index (χ2n) is 6.94. The van der Waals surface area contributed by atoms with Gasteiger partial charge in [0.05, 0.1) is 4.92 Å². The van der Waals surface area contributed by atoms with E-state index in [1.807, 2.05) is 24.3 Å². The minimum Gasteiger partial charge on any atom is -0.258 e. The lowest BCUT2D eigenvalue weighted by atomic mass is 9.86. The molecule has 1 unspecified atom stereocenters. The van der Waals surface area contributed by atoms with Gasteiger partial charge in [-0.3, -0.25) is 10.1 Å². The average Bonchev–Trinajstić information content (AvgIpc) is 2.53. The standard InChI is InChI=1S/C18H22N2O4S/c1-13(14-9-11-15(12-10-14)18(2,3)4)19-25(23,24)17-8-6-5-7-16(17)20(21)22/h5-13,19H,1-4H3. The largest absolute Gasteiger partial charge is 0.289 e. The molecular formula is C18H22N2O4S. The van der Waals surface area contributed by atoms with Crippen LogP contribution in [0, 0.1) is 10.1 Å². The smallest absolute Gasteiger partial charge is 0.258 e. The van der Waals surface area contributed by atoms with Gasteiger partial charge >= 0.3 is 0 Å². The summed E-state index contributed by atoms with van der Waals surface area (Å²) < 4.78 is 27.6. The number of hydrogen-bond donors (Lipinski definition) is 1. The second kappa shape index (κ2) is 6.93. The lowest BCUT2D eigenvalue weighted by molar-refractivity contribution is -0.387. The molecular weight excluding hydrogens is 340 g/mol. The monoisotopic (exact) mass is 362 g/mol. The maximum Gasteiger partial charge on any atom is 0.289 e. The molecule has 2 aromatic carbocycles. The average molecular weight is 362 g/mol. The Hall–Kier alpha value is -2.25. The predicted octanol–water partition coefficient (Wildman–Crippen LogP) is 3.93. The number of sulfonamides is 1. The first kappa shape index (κ1) is 19.1. The van der Waals surface area contributed by atoms with E-state index < -0.39 is 26.7 Å². The SMILES string of the molecule is CC(NS(=O)(=O)c1ccccc1[N+](=O)[O-])c1ccc(C(C)(C)C)cc1. The van der Waals surface area contributed by atoms with Gasteiger partial charge in [-0.05, 0) is 29.5 Å². The maximum absolute atomic E-state index is 12.6. The first-order chi connectivity index (χ1) is 11.5. The number of nitro groups is 1. The van der Waals surface area contributed by atoms with Gasteiger partial charge < -0.3 is 0 Å². The number of para-hydroxylation sites is 1. The molecule has 2 aromatic rings. The summed E-state index contributed by atoms with van der Waals surface area (Å²) in [5.74, 6) is 0. The highest BCUT2D eigenvalue weighted by Crippen LogP contribution is 2.27. The molecule has 0 aliphatic heterocycles. The molecule has 6 nitrogen and oxygen atoms in total. The van der Waals surface area contributed by atoms with Crippen molar-refractivity contribution in [3.63, 3.8) is 0 Å². The zero-order valence-corrected chi connectivity index (χ0v) is 15.5. The lowest BCUT2D eigenvalue weighted by Gasteiger charge is -2.20. The Labute approximate surface area is 148 Å². The summed E-state index contributed by atoms with van der Waals surface area (Å²) in [6.07, 6.45) is 0. The molecule has 0 heterocycles. The maximum atomic E-state index is 12.6. The van der Waals surface area contributed by atoms with Gasteiger partial charge in [0, 0.05) is 12.1 Å². The summed E-state index contributed by atoms with van der Waals surface area (Å²) in [5, 5.41) is 11.1. The van der Waals surface area contributed by atoms with Crippen LogP contribution in [0.15, 0.2) is 53.4 Å². The van der Waals surface area contributed by atoms with Crippen LogP contribution in [-0.2, 0) is 15.4 Å². The van der Waals surface area contributed by atoms with E-state index in [2.05, 4.69) is 25.5 Å². The van der Waals surface area contributed by atoms with Crippen molar-refractivity contribution in [3.8, 4) is 0 Å². The van der Waals surface area contributed by atoms with Crippen molar-refractivity contribution in [3.05, 3.63) is 69.8 Å². The molecule has 1 atom stereocenters. The van der Waals surface area contributed by atoms with Gasteiger partial charge in [-0.25, -0.2) is 13.1 Å². The molecule has 0 saturated carbocycles. The molecule has 0 radical (unpaired) electrons. The Morgan fingerprint density at radius 1 is 1.04 bits per heavy atom. The third kappa shape index (κ3) is 4.43. The first-order valence-corrected chi connectivity index (χ1v) is 9.37. The molecule has 0 saturated heterocycles. The molecule has 25 heavy (non-hydrogen) atoms. The van der Waals surface area contributed by atoms with Crippen LogP contribution >= 0.6 is 0 Å². The van der Waals surface area contributed by atoms with E-state index in [1.165, 1.54) is 24.3 Å². The normalized spacial score (nSPS) is 13.4. The first-order valence-electron chi connectivity index (χ1n) is 7.88. The fourth-order valence-corrected chi connectivity index (χ4v) is 3.88. The summed E-state index contributed by atoms with van der Waals surface area (Å²) in [5.41, 5.74) is 1.50. The van der Waals surface area contributed by atoms with Gasteiger partial charge in [-0.2, -0.15) is 0 Å². The summed E-state index contributed by atoms with van der Waals surface area (Å²) in [4.78, 5) is 10.0. The molecule has 0 aliphatic rings. The van der Waals surface area contributed by atoms with Crippen molar-refractivity contribution in [2.24, 2.45) is 0 Å². The number of nitrogens with zero attached hydrogens (tertiary/aromatic N) is 1. The van der Waals surface area contributed by atoms with Crippen molar-refractivity contribution >= 4 is 15.7 Å². The molecule has 7 heteroatoms. The zero-order valence-electron chi connectivity index (χ0n) is 14.7. The number of nitrogens with one attached hydrogen (secondary N) is 1. The Kier molecular flexibility index (Phi) is 5.29. The number of nitro benzene ring substituents is 1. The van der Waals surface area contributed by atoms with Crippen molar-refractivity contribution in [2.45, 2.75) is 44.0 Å². The molecule has 1 N–H and O–H groups in total. The van der Waals surface area contributed by atoms with Crippen molar-refractivity contribution in [2.75, 3.05) is 0 Å². The van der Waals surface area contributed by atoms with Gasteiger partial charge in [0.15, 0.2) is 4.90 Å². The minimum absolute atomic E-state index is 0.00588. The lowest BCUT2D eigenvalue weighted by Crippen LogP contribution is -2.27. The van der Waals surface area contributed by atoms with E-state index in [9.17, 15) is 18.5 Å². The molecule has 0 aliphatic carbocycles. The van der Waals surface area contributed by atoms with Crippen LogP contribution in [-0.4, -0.2) is 13.3 Å². The summed E-state index contributed by atoms with van der Waals surface area (Å²) in [7, 11) is -4.01. The summed E-state index contributed by atoms with van der Waals surface area (Å²) >= 11 is 0. The molecule has 0 spiro atoms. The van der Waals surface area contributed by atoms with Gasteiger partial charge in [0.2, 0.25) is 10.0 Å². The number of hydrogen-bond acceptors (Lipinski definition) is 4. The van der Waals surface area contributed by atoms with Crippen LogP contribution in [0.25, 0.3) is 0 Å². The highest BCUT2D eigenvalue weighted by Gasteiger charge is 2.27. The van der Waals surface area contributed by atoms with E-state index in [1.54, 1.807) is 6.92 Å². The fourth-order valence-electron chi connectivity index (χ4n) is 2.47. The van der Waals surface area contributed by atoms with E-state index in [0.29, 0.717) is 0 Å². The van der Waals surface area contributed by atoms with Crippen molar-refractivity contribution in [1.82, 2.24) is 4.72 Å². The van der Waals surface area contributed by atoms with Crippen LogP contribution in [0.1, 0.15) is 44.9 Å². The number of rotatable bonds is 5. The molecule has 2 rings (SSSR count). The second-order valence-corrected chi connectivity index (χ2v) is 8.62. The van der Waals surface area contributed by atoms with Crippen molar-refractivity contribution in [1.29, 1.82) is 0 Å². The quantitative estimate of drug-likeness (QED) is 0.644. The fraction of sp³-hybridized carbons (Fsp3) is 0.333. The Morgan fingerprint density at radius 3 is 2.12 bits per heavy atom. The molecule has 0 aromatic heterocycles. The topological polar surface area (TPSA) is 89.3 Å². The predicted molar refractivity (Wildman–Crippen MR) is 97.0 cm³/mol. The minimum atomic E-state index is -4.01. The zero-order chi connectivity index (χ0) is 18.8. The Morgan fingerprint density at radius 2 is 1.60 bits per heavy atom. The van der Waals surface area contributed by atoms with Crippen LogP contribution in [0.2, 0.25) is 0 Å². The molecule has 0 fully saturated rings. The highest BCUT2D eigenvalue weighted by atomic mass is 32.2. The van der Waals surface area contributed by atoms with Gasteiger partial charge in [-0.1, -0.05) is 57.2 Å². The highest BCUT2D eigenvalue weighted by molar-refractivity contribution is 7.89. The molecule has 0 bridgehead atoms. The van der Waals surface area contributed by atoms with E-state index in [0.717, 1.165) is 11.1 Å². The summed E-state index contributed by atoms with van der Waals surface area (Å²) in [6.45, 7) is 8.01. The van der Waals surface area contributed by atoms with Gasteiger partial charge in [0.25, 0.3) is 5.69 Å². The molecule has 134 valence electrons. The van der Waals surface area contributed by atoms with E-state index in [4.69, 9.17) is 0 Å². The van der Waals surface area contributed by atoms with Crippen LogP contribution in [0.4, 0.5) is 5.69 Å². The molecule has 0 amide bonds. The van der Waals surface area contributed by atoms with Crippen LogP contribution in [0.5, 0.6) is 0 Å². The Balaban J connectivity index is 2.28. The number of benzene rings is 2. The van der Waals surface area contributed by atoms with E-state index >= 15 is 0 Å². The van der Waals surface area contributed by atoms with Crippen molar-refractivity contribution < 1.29 is 13.3 Å². The Bertz CT molecular complexity index is 869. The van der Waals surface area contributed by atoms with Gasteiger partial charge in [0.1, 0.15) is 0 Å². The van der Waals surface area contributed by atoms with Gasteiger partial charge in [-0.15, -0.1) is 0 Å². The third-order valence-corrected chi connectivity index (χ3v) is 5.55.